The van der Waals surface area contributed by atoms with Crippen LogP contribution in [-0.2, 0) is 5.60 Å². The molecule has 0 bridgehead atoms. The fourth-order valence-electron chi connectivity index (χ4n) is 2.28. The van der Waals surface area contributed by atoms with E-state index in [9.17, 15) is 5.11 Å². The molecule has 88 valence electrons. The first kappa shape index (κ1) is 11.7. The van der Waals surface area contributed by atoms with E-state index in [1.165, 1.54) is 0 Å². The summed E-state index contributed by atoms with van der Waals surface area (Å²) < 4.78 is 5.31. The number of hydrogen-bond donors (Lipinski definition) is 1. The Kier molecular flexibility index (Phi) is 3.13. The van der Waals surface area contributed by atoms with Crippen molar-refractivity contribution in [2.75, 3.05) is 7.11 Å². The molecule has 1 N–H and O–H groups in total. The van der Waals surface area contributed by atoms with Crippen LogP contribution in [-0.4, -0.2) is 12.2 Å². The summed E-state index contributed by atoms with van der Waals surface area (Å²) in [4.78, 5) is 0. The molecule has 1 aromatic rings. The Morgan fingerprint density at radius 3 is 2.69 bits per heavy atom. The van der Waals surface area contributed by atoms with Gasteiger partial charge in [0.15, 0.2) is 0 Å². The minimum absolute atomic E-state index is 0.352. The van der Waals surface area contributed by atoms with Crippen molar-refractivity contribution in [2.24, 2.45) is 5.92 Å². The minimum atomic E-state index is -0.782. The molecule has 0 aliphatic heterocycles. The van der Waals surface area contributed by atoms with E-state index < -0.39 is 5.60 Å². The standard InChI is InChI=1S/C13H17ClO2/c1-3-13(15,9-4-5-9)11-8-10(14)6-7-12(11)16-2/h6-9,15H,3-5H2,1-2H3. The van der Waals surface area contributed by atoms with Gasteiger partial charge in [0.2, 0.25) is 0 Å². The van der Waals surface area contributed by atoms with Crippen LogP contribution in [0.5, 0.6) is 5.75 Å². The monoisotopic (exact) mass is 240 g/mol. The second kappa shape index (κ2) is 4.27. The summed E-state index contributed by atoms with van der Waals surface area (Å²) in [5.74, 6) is 1.07. The van der Waals surface area contributed by atoms with Gasteiger partial charge in [-0.15, -0.1) is 0 Å². The molecule has 3 heteroatoms. The fourth-order valence-corrected chi connectivity index (χ4v) is 2.45. The zero-order valence-electron chi connectivity index (χ0n) is 9.66. The summed E-state index contributed by atoms with van der Waals surface area (Å²) in [5.41, 5.74) is 0.0449. The van der Waals surface area contributed by atoms with E-state index in [-0.39, 0.29) is 0 Å². The van der Waals surface area contributed by atoms with E-state index in [4.69, 9.17) is 16.3 Å². The average molecular weight is 241 g/mol. The van der Waals surface area contributed by atoms with E-state index in [2.05, 4.69) is 0 Å². The molecule has 0 radical (unpaired) electrons. The van der Waals surface area contributed by atoms with Gasteiger partial charge < -0.3 is 9.84 Å². The molecule has 0 spiro atoms. The van der Waals surface area contributed by atoms with Gasteiger partial charge in [0.1, 0.15) is 5.75 Å². The molecular weight excluding hydrogens is 224 g/mol. The van der Waals surface area contributed by atoms with Crippen molar-refractivity contribution in [1.29, 1.82) is 0 Å². The van der Waals surface area contributed by atoms with Gasteiger partial charge in [0.05, 0.1) is 12.7 Å². The van der Waals surface area contributed by atoms with E-state index >= 15 is 0 Å². The summed E-state index contributed by atoms with van der Waals surface area (Å²) in [6, 6.07) is 5.43. The lowest BCUT2D eigenvalue weighted by Crippen LogP contribution is -2.28. The number of halogens is 1. The highest BCUT2D eigenvalue weighted by Gasteiger charge is 2.45. The largest absolute Gasteiger partial charge is 0.496 e. The Bertz CT molecular complexity index is 388. The topological polar surface area (TPSA) is 29.5 Å². The van der Waals surface area contributed by atoms with E-state index in [1.807, 2.05) is 19.1 Å². The van der Waals surface area contributed by atoms with Crippen LogP contribution in [0.3, 0.4) is 0 Å². The number of rotatable bonds is 4. The predicted molar refractivity (Wildman–Crippen MR) is 64.9 cm³/mol. The zero-order valence-corrected chi connectivity index (χ0v) is 10.4. The van der Waals surface area contributed by atoms with Gasteiger partial charge in [0, 0.05) is 10.6 Å². The Morgan fingerprint density at radius 2 is 2.19 bits per heavy atom. The molecule has 1 saturated carbocycles. The van der Waals surface area contributed by atoms with Gasteiger partial charge in [-0.1, -0.05) is 18.5 Å². The molecule has 0 heterocycles. The molecule has 2 rings (SSSR count). The van der Waals surface area contributed by atoms with Crippen molar-refractivity contribution in [3.05, 3.63) is 28.8 Å². The third-order valence-corrected chi connectivity index (χ3v) is 3.65. The highest BCUT2D eigenvalue weighted by molar-refractivity contribution is 6.30. The van der Waals surface area contributed by atoms with Crippen molar-refractivity contribution in [2.45, 2.75) is 31.8 Å². The van der Waals surface area contributed by atoms with Gasteiger partial charge in [-0.3, -0.25) is 0 Å². The van der Waals surface area contributed by atoms with Crippen LogP contribution < -0.4 is 4.74 Å². The molecule has 16 heavy (non-hydrogen) atoms. The first-order valence-corrected chi connectivity index (χ1v) is 6.06. The van der Waals surface area contributed by atoms with Crippen molar-refractivity contribution < 1.29 is 9.84 Å². The summed E-state index contributed by atoms with van der Waals surface area (Å²) in [6.45, 7) is 2.00. The Labute approximate surface area is 101 Å². The number of ether oxygens (including phenoxy) is 1. The maximum atomic E-state index is 10.7. The van der Waals surface area contributed by atoms with Gasteiger partial charge in [-0.25, -0.2) is 0 Å². The highest BCUT2D eigenvalue weighted by Crippen LogP contribution is 2.50. The van der Waals surface area contributed by atoms with Crippen LogP contribution in [0.15, 0.2) is 18.2 Å². The zero-order chi connectivity index (χ0) is 11.8. The van der Waals surface area contributed by atoms with Gasteiger partial charge in [0.25, 0.3) is 0 Å². The van der Waals surface area contributed by atoms with Crippen molar-refractivity contribution in [3.63, 3.8) is 0 Å². The molecule has 0 aromatic heterocycles. The maximum Gasteiger partial charge on any atom is 0.125 e. The molecule has 1 aliphatic rings. The normalized spacial score (nSPS) is 19.2. The SMILES string of the molecule is CCC(O)(c1cc(Cl)ccc1OC)C1CC1. The Balaban J connectivity index is 2.47. The van der Waals surface area contributed by atoms with Gasteiger partial charge in [-0.2, -0.15) is 0 Å². The average Bonchev–Trinajstić information content (AvgIpc) is 3.12. The van der Waals surface area contributed by atoms with Crippen molar-refractivity contribution in [1.82, 2.24) is 0 Å². The molecule has 1 fully saturated rings. The second-order valence-electron chi connectivity index (χ2n) is 4.40. The predicted octanol–water partition coefficient (Wildman–Crippen LogP) is 3.36. The lowest BCUT2D eigenvalue weighted by atomic mass is 9.86. The van der Waals surface area contributed by atoms with E-state index in [1.54, 1.807) is 13.2 Å². The molecule has 1 aromatic carbocycles. The molecule has 1 atom stereocenters. The third kappa shape index (κ3) is 1.92. The quantitative estimate of drug-likeness (QED) is 0.875. The van der Waals surface area contributed by atoms with Crippen LogP contribution in [0.1, 0.15) is 31.7 Å². The van der Waals surface area contributed by atoms with E-state index in [0.717, 1.165) is 24.2 Å². The Hall–Kier alpha value is -0.730. The minimum Gasteiger partial charge on any atom is -0.496 e. The number of methoxy groups -OCH3 is 1. The van der Waals surface area contributed by atoms with Crippen LogP contribution in [0.4, 0.5) is 0 Å². The molecule has 0 amide bonds. The van der Waals surface area contributed by atoms with Crippen LogP contribution in [0, 0.1) is 5.92 Å². The molecular formula is C13H17ClO2. The van der Waals surface area contributed by atoms with Crippen molar-refractivity contribution >= 4 is 11.6 Å². The molecule has 0 saturated heterocycles. The summed E-state index contributed by atoms with van der Waals surface area (Å²) in [6.07, 6.45) is 2.86. The number of hydrogen-bond acceptors (Lipinski definition) is 2. The highest BCUT2D eigenvalue weighted by atomic mass is 35.5. The summed E-state index contributed by atoms with van der Waals surface area (Å²) in [7, 11) is 1.62. The van der Waals surface area contributed by atoms with Crippen LogP contribution in [0.25, 0.3) is 0 Å². The van der Waals surface area contributed by atoms with E-state index in [0.29, 0.717) is 17.4 Å². The fraction of sp³-hybridized carbons (Fsp3) is 0.538. The number of benzene rings is 1. The third-order valence-electron chi connectivity index (χ3n) is 3.42. The Morgan fingerprint density at radius 1 is 1.50 bits per heavy atom. The summed E-state index contributed by atoms with van der Waals surface area (Å²) >= 11 is 6.00. The lowest BCUT2D eigenvalue weighted by Gasteiger charge is -2.29. The molecule has 2 nitrogen and oxygen atoms in total. The van der Waals surface area contributed by atoms with Crippen LogP contribution >= 0.6 is 11.6 Å². The van der Waals surface area contributed by atoms with Gasteiger partial charge >= 0.3 is 0 Å². The van der Waals surface area contributed by atoms with Crippen molar-refractivity contribution in [3.8, 4) is 5.75 Å². The number of aliphatic hydroxyl groups is 1. The van der Waals surface area contributed by atoms with Crippen LogP contribution in [0.2, 0.25) is 5.02 Å². The summed E-state index contributed by atoms with van der Waals surface area (Å²) in [5, 5.41) is 11.4. The second-order valence-corrected chi connectivity index (χ2v) is 4.83. The lowest BCUT2D eigenvalue weighted by molar-refractivity contribution is 0.00678. The van der Waals surface area contributed by atoms with Gasteiger partial charge in [-0.05, 0) is 43.4 Å². The first-order chi connectivity index (χ1) is 7.61. The maximum absolute atomic E-state index is 10.7. The smallest absolute Gasteiger partial charge is 0.125 e. The molecule has 1 aliphatic carbocycles. The first-order valence-electron chi connectivity index (χ1n) is 5.68. The molecule has 1 unspecified atom stereocenters.